The summed E-state index contributed by atoms with van der Waals surface area (Å²) >= 11 is 0. The van der Waals surface area contributed by atoms with Crippen molar-refractivity contribution in [1.82, 2.24) is 5.32 Å². The third-order valence-electron chi connectivity index (χ3n) is 2.97. The molecule has 0 radical (unpaired) electrons. The number of hydrogen-bond acceptors (Lipinski definition) is 2. The van der Waals surface area contributed by atoms with Gasteiger partial charge in [-0.1, -0.05) is 37.8 Å². The number of hydrogen-bond donors (Lipinski definition) is 1. The van der Waals surface area contributed by atoms with Gasteiger partial charge in [0.1, 0.15) is 6.10 Å². The highest BCUT2D eigenvalue weighted by Gasteiger charge is 2.07. The average molecular weight is 267 g/mol. The molecule has 0 spiro atoms. The van der Waals surface area contributed by atoms with Gasteiger partial charge in [0.2, 0.25) is 0 Å². The minimum atomic E-state index is -0.350. The van der Waals surface area contributed by atoms with Gasteiger partial charge in [-0.25, -0.2) is 4.79 Å². The van der Waals surface area contributed by atoms with E-state index in [1.807, 2.05) is 13.0 Å². The summed E-state index contributed by atoms with van der Waals surface area (Å²) in [6.07, 6.45) is 12.8. The lowest BCUT2D eigenvalue weighted by molar-refractivity contribution is 0.101. The molecule has 1 N–H and O–H groups in total. The summed E-state index contributed by atoms with van der Waals surface area (Å²) in [6.45, 7) is 9.65. The van der Waals surface area contributed by atoms with Gasteiger partial charge in [-0.2, -0.15) is 0 Å². The molecule has 1 atom stereocenters. The first-order chi connectivity index (χ1) is 9.20. The second kappa shape index (κ2) is 13.2. The van der Waals surface area contributed by atoms with E-state index in [4.69, 9.17) is 4.74 Å². The fourth-order valence-corrected chi connectivity index (χ4v) is 1.87. The fourth-order valence-electron chi connectivity index (χ4n) is 1.87. The summed E-state index contributed by atoms with van der Waals surface area (Å²) in [7, 11) is 0. The highest BCUT2D eigenvalue weighted by molar-refractivity contribution is 5.67. The van der Waals surface area contributed by atoms with Crippen molar-refractivity contribution in [2.24, 2.45) is 0 Å². The number of unbranched alkanes of at least 4 members (excludes halogenated alkanes) is 6. The van der Waals surface area contributed by atoms with Gasteiger partial charge in [-0.15, -0.1) is 13.2 Å². The predicted octanol–water partition coefficient (Wildman–Crippen LogP) is 4.59. The Bertz CT molecular complexity index is 251. The summed E-state index contributed by atoms with van der Waals surface area (Å²) in [5, 5.41) is 2.61. The Hall–Kier alpha value is -1.25. The van der Waals surface area contributed by atoms with Gasteiger partial charge in [-0.05, 0) is 32.6 Å². The smallest absolute Gasteiger partial charge is 0.407 e. The highest BCUT2D eigenvalue weighted by Crippen LogP contribution is 2.11. The largest absolute Gasteiger partial charge is 0.447 e. The monoisotopic (exact) mass is 267 g/mol. The molecule has 0 saturated carbocycles. The molecule has 110 valence electrons. The van der Waals surface area contributed by atoms with Gasteiger partial charge in [0.05, 0.1) is 0 Å². The van der Waals surface area contributed by atoms with Crippen molar-refractivity contribution < 1.29 is 9.53 Å². The number of alkyl carbamates (subject to hydrolysis) is 1. The van der Waals surface area contributed by atoms with Crippen molar-refractivity contribution in [2.45, 2.75) is 64.4 Å². The molecular formula is C16H29NO2. The van der Waals surface area contributed by atoms with E-state index in [0.717, 1.165) is 19.3 Å². The number of nitrogens with one attached hydrogen (secondary N) is 1. The highest BCUT2D eigenvalue weighted by atomic mass is 16.6. The van der Waals surface area contributed by atoms with E-state index >= 15 is 0 Å². The number of rotatable bonds is 12. The predicted molar refractivity (Wildman–Crippen MR) is 81.3 cm³/mol. The zero-order chi connectivity index (χ0) is 14.3. The molecule has 0 rings (SSSR count). The normalized spacial score (nSPS) is 11.6. The molecule has 0 aliphatic carbocycles. The van der Waals surface area contributed by atoms with E-state index in [9.17, 15) is 4.79 Å². The van der Waals surface area contributed by atoms with Crippen molar-refractivity contribution in [2.75, 3.05) is 6.54 Å². The minimum absolute atomic E-state index is 0.00872. The third kappa shape index (κ3) is 13.0. The van der Waals surface area contributed by atoms with Gasteiger partial charge in [0.25, 0.3) is 0 Å². The molecular weight excluding hydrogens is 238 g/mol. The maximum atomic E-state index is 11.3. The zero-order valence-electron chi connectivity index (χ0n) is 12.3. The maximum absolute atomic E-state index is 11.3. The van der Waals surface area contributed by atoms with Crippen LogP contribution in [0.2, 0.25) is 0 Å². The summed E-state index contributed by atoms with van der Waals surface area (Å²) < 4.78 is 5.20. The molecule has 19 heavy (non-hydrogen) atoms. The van der Waals surface area contributed by atoms with Crippen LogP contribution in [0.4, 0.5) is 4.79 Å². The van der Waals surface area contributed by atoms with Crippen LogP contribution in [0.3, 0.4) is 0 Å². The van der Waals surface area contributed by atoms with Crippen LogP contribution in [-0.4, -0.2) is 18.7 Å². The maximum Gasteiger partial charge on any atom is 0.407 e. The molecule has 0 heterocycles. The molecule has 0 fully saturated rings. The quantitative estimate of drug-likeness (QED) is 0.415. The van der Waals surface area contributed by atoms with E-state index in [1.54, 1.807) is 6.08 Å². The number of carbonyl (C=O) groups excluding carboxylic acids is 1. The van der Waals surface area contributed by atoms with Crippen LogP contribution in [0, 0.1) is 0 Å². The van der Waals surface area contributed by atoms with Gasteiger partial charge in [0.15, 0.2) is 0 Å². The molecule has 3 nitrogen and oxygen atoms in total. The van der Waals surface area contributed by atoms with Crippen LogP contribution in [0.5, 0.6) is 0 Å². The van der Waals surface area contributed by atoms with Crippen LogP contribution in [-0.2, 0) is 4.74 Å². The molecule has 0 aliphatic heterocycles. The van der Waals surface area contributed by atoms with Crippen LogP contribution < -0.4 is 5.32 Å². The summed E-state index contributed by atoms with van der Waals surface area (Å²) in [5.41, 5.74) is 0. The lowest BCUT2D eigenvalue weighted by Gasteiger charge is -2.13. The lowest BCUT2D eigenvalue weighted by atomic mass is 10.1. The second-order valence-electron chi connectivity index (χ2n) is 4.87. The summed E-state index contributed by atoms with van der Waals surface area (Å²) in [5.74, 6) is 0. The van der Waals surface area contributed by atoms with E-state index in [2.05, 4.69) is 18.5 Å². The second-order valence-corrected chi connectivity index (χ2v) is 4.87. The Morgan fingerprint density at radius 1 is 1.11 bits per heavy atom. The van der Waals surface area contributed by atoms with Crippen molar-refractivity contribution in [1.29, 1.82) is 0 Å². The van der Waals surface area contributed by atoms with Crippen molar-refractivity contribution in [3.63, 3.8) is 0 Å². The molecule has 0 aliphatic rings. The lowest BCUT2D eigenvalue weighted by Crippen LogP contribution is -2.27. The van der Waals surface area contributed by atoms with Gasteiger partial charge < -0.3 is 10.1 Å². The topological polar surface area (TPSA) is 38.3 Å². The van der Waals surface area contributed by atoms with E-state index in [-0.39, 0.29) is 12.2 Å². The van der Waals surface area contributed by atoms with Crippen molar-refractivity contribution in [3.05, 3.63) is 25.3 Å². The number of carbonyl (C=O) groups is 1. The first-order valence-electron chi connectivity index (χ1n) is 7.37. The number of ether oxygens (including phenoxy) is 1. The minimum Gasteiger partial charge on any atom is -0.447 e. The van der Waals surface area contributed by atoms with E-state index in [1.165, 1.54) is 32.1 Å². The first kappa shape index (κ1) is 17.8. The van der Waals surface area contributed by atoms with Gasteiger partial charge in [0, 0.05) is 6.54 Å². The zero-order valence-corrected chi connectivity index (χ0v) is 12.3. The molecule has 0 aromatic rings. The Labute approximate surface area is 118 Å². The summed E-state index contributed by atoms with van der Waals surface area (Å²) in [4.78, 5) is 11.3. The number of amides is 1. The van der Waals surface area contributed by atoms with Crippen LogP contribution in [0.25, 0.3) is 0 Å². The Balaban J connectivity index is 3.32. The molecule has 3 heteroatoms. The molecule has 0 aromatic heterocycles. The molecule has 0 aromatic carbocycles. The standard InChI is InChI=1S/C16H29NO2/c1-4-6-7-8-9-10-11-12-13-15(3)19-16(18)17-14-5-2/h4-5,15H,1-2,6-14H2,3H3,(H,17,18). The third-order valence-corrected chi connectivity index (χ3v) is 2.97. The molecule has 0 bridgehead atoms. The first-order valence-corrected chi connectivity index (χ1v) is 7.37. The molecule has 0 saturated heterocycles. The van der Waals surface area contributed by atoms with Gasteiger partial charge >= 0.3 is 6.09 Å². The van der Waals surface area contributed by atoms with Gasteiger partial charge in [-0.3, -0.25) is 0 Å². The Morgan fingerprint density at radius 3 is 2.37 bits per heavy atom. The average Bonchev–Trinajstić information content (AvgIpc) is 2.39. The SMILES string of the molecule is C=CCCCCCCCCC(C)OC(=O)NCC=C. The van der Waals surface area contributed by atoms with Crippen LogP contribution in [0.15, 0.2) is 25.3 Å². The van der Waals surface area contributed by atoms with Crippen molar-refractivity contribution >= 4 is 6.09 Å². The van der Waals surface area contributed by atoms with Crippen LogP contribution >= 0.6 is 0 Å². The fraction of sp³-hybridized carbons (Fsp3) is 0.688. The van der Waals surface area contributed by atoms with Crippen molar-refractivity contribution in [3.8, 4) is 0 Å². The number of allylic oxidation sites excluding steroid dienone is 1. The molecule has 1 unspecified atom stereocenters. The Morgan fingerprint density at radius 2 is 1.74 bits per heavy atom. The van der Waals surface area contributed by atoms with E-state index < -0.39 is 0 Å². The summed E-state index contributed by atoms with van der Waals surface area (Å²) in [6, 6.07) is 0. The Kier molecular flexibility index (Phi) is 12.3. The van der Waals surface area contributed by atoms with Crippen LogP contribution in [0.1, 0.15) is 58.3 Å². The molecule has 1 amide bonds. The van der Waals surface area contributed by atoms with E-state index in [0.29, 0.717) is 6.54 Å².